The first kappa shape index (κ1) is 10.5. The van der Waals surface area contributed by atoms with Gasteiger partial charge in [-0.15, -0.1) is 0 Å². The SMILES string of the molecule is CN(CC(=O)O)c1cc2ccccc2n1C. The minimum Gasteiger partial charge on any atom is -0.480 e. The Labute approximate surface area is 93.7 Å². The average Bonchev–Trinajstić information content (AvgIpc) is 2.56. The lowest BCUT2D eigenvalue weighted by molar-refractivity contribution is -0.135. The van der Waals surface area contributed by atoms with Crippen molar-refractivity contribution >= 4 is 22.7 Å². The number of carboxylic acids is 1. The topological polar surface area (TPSA) is 45.5 Å². The highest BCUT2D eigenvalue weighted by Crippen LogP contribution is 2.24. The van der Waals surface area contributed by atoms with E-state index in [0.29, 0.717) is 0 Å². The second kappa shape index (κ2) is 3.89. The van der Waals surface area contributed by atoms with E-state index < -0.39 is 5.97 Å². The van der Waals surface area contributed by atoms with E-state index in [-0.39, 0.29) is 6.54 Å². The Bertz CT molecular complexity index is 531. The second-order valence-corrected chi connectivity index (χ2v) is 3.87. The Hall–Kier alpha value is -1.97. The number of aromatic nitrogens is 1. The van der Waals surface area contributed by atoms with Crippen molar-refractivity contribution in [2.45, 2.75) is 0 Å². The van der Waals surface area contributed by atoms with Crippen molar-refractivity contribution < 1.29 is 9.90 Å². The zero-order valence-electron chi connectivity index (χ0n) is 9.34. The summed E-state index contributed by atoms with van der Waals surface area (Å²) in [5.74, 6) is 0.0800. The minimum absolute atomic E-state index is 0.00413. The van der Waals surface area contributed by atoms with Gasteiger partial charge in [0.2, 0.25) is 0 Å². The van der Waals surface area contributed by atoms with Crippen LogP contribution in [0.2, 0.25) is 0 Å². The molecule has 1 aromatic carbocycles. The van der Waals surface area contributed by atoms with Gasteiger partial charge >= 0.3 is 5.97 Å². The standard InChI is InChI=1S/C12H14N2O2/c1-13(8-12(15)16)11-7-9-5-3-4-6-10(9)14(11)2/h3-7H,8H2,1-2H3,(H,15,16). The van der Waals surface area contributed by atoms with Crippen molar-refractivity contribution in [2.75, 3.05) is 18.5 Å². The molecule has 0 spiro atoms. The Kier molecular flexibility index (Phi) is 2.56. The molecule has 1 heterocycles. The van der Waals surface area contributed by atoms with Crippen LogP contribution < -0.4 is 4.90 Å². The van der Waals surface area contributed by atoms with Crippen molar-refractivity contribution in [2.24, 2.45) is 7.05 Å². The van der Waals surface area contributed by atoms with Crippen LogP contribution in [-0.2, 0) is 11.8 Å². The molecule has 0 aliphatic carbocycles. The first-order valence-corrected chi connectivity index (χ1v) is 5.07. The number of hydrogen-bond donors (Lipinski definition) is 1. The van der Waals surface area contributed by atoms with E-state index in [1.807, 2.05) is 41.9 Å². The van der Waals surface area contributed by atoms with Gasteiger partial charge in [-0.25, -0.2) is 0 Å². The van der Waals surface area contributed by atoms with E-state index in [0.717, 1.165) is 16.7 Å². The lowest BCUT2D eigenvalue weighted by atomic mass is 10.2. The third-order valence-corrected chi connectivity index (χ3v) is 2.69. The van der Waals surface area contributed by atoms with E-state index in [4.69, 9.17) is 5.11 Å². The van der Waals surface area contributed by atoms with Gasteiger partial charge in [-0.1, -0.05) is 18.2 Å². The quantitative estimate of drug-likeness (QED) is 0.852. The van der Waals surface area contributed by atoms with E-state index in [9.17, 15) is 4.79 Å². The number of hydrogen-bond acceptors (Lipinski definition) is 2. The molecule has 1 aromatic heterocycles. The van der Waals surface area contributed by atoms with Crippen LogP contribution in [0.25, 0.3) is 10.9 Å². The molecule has 0 aliphatic rings. The van der Waals surface area contributed by atoms with Crippen LogP contribution in [-0.4, -0.2) is 29.2 Å². The van der Waals surface area contributed by atoms with E-state index in [1.165, 1.54) is 0 Å². The summed E-state index contributed by atoms with van der Waals surface area (Å²) in [5, 5.41) is 9.88. The molecule has 0 bridgehead atoms. The normalized spacial score (nSPS) is 10.6. The van der Waals surface area contributed by atoms with E-state index in [2.05, 4.69) is 0 Å². The van der Waals surface area contributed by atoms with Crippen LogP contribution in [0.4, 0.5) is 5.82 Å². The van der Waals surface area contributed by atoms with Gasteiger partial charge in [-0.2, -0.15) is 0 Å². The maximum atomic E-state index is 10.7. The highest BCUT2D eigenvalue weighted by molar-refractivity contribution is 5.86. The number of carboxylic acid groups (broad SMARTS) is 1. The molecular formula is C12H14N2O2. The molecule has 0 saturated carbocycles. The van der Waals surface area contributed by atoms with Gasteiger partial charge in [0.25, 0.3) is 0 Å². The molecule has 0 atom stereocenters. The fourth-order valence-corrected chi connectivity index (χ4v) is 1.92. The maximum Gasteiger partial charge on any atom is 0.323 e. The first-order valence-electron chi connectivity index (χ1n) is 5.07. The third-order valence-electron chi connectivity index (χ3n) is 2.69. The van der Waals surface area contributed by atoms with Gasteiger partial charge < -0.3 is 14.6 Å². The second-order valence-electron chi connectivity index (χ2n) is 3.87. The number of para-hydroxylation sites is 1. The lowest BCUT2D eigenvalue weighted by Crippen LogP contribution is -2.26. The van der Waals surface area contributed by atoms with Crippen LogP contribution in [0.1, 0.15) is 0 Å². The molecule has 0 aliphatic heterocycles. The summed E-state index contributed by atoms with van der Waals surface area (Å²) in [4.78, 5) is 12.4. The number of fused-ring (bicyclic) bond motifs is 1. The first-order chi connectivity index (χ1) is 7.59. The van der Waals surface area contributed by atoms with Gasteiger partial charge in [0.15, 0.2) is 0 Å². The number of aryl methyl sites for hydroxylation is 1. The molecule has 1 N–H and O–H groups in total. The van der Waals surface area contributed by atoms with Crippen molar-refractivity contribution in [3.8, 4) is 0 Å². The smallest absolute Gasteiger partial charge is 0.323 e. The predicted molar refractivity (Wildman–Crippen MR) is 63.8 cm³/mol. The van der Waals surface area contributed by atoms with E-state index >= 15 is 0 Å². The summed E-state index contributed by atoms with van der Waals surface area (Å²) in [6, 6.07) is 9.99. The largest absolute Gasteiger partial charge is 0.480 e. The summed E-state index contributed by atoms with van der Waals surface area (Å²) in [5.41, 5.74) is 1.11. The third kappa shape index (κ3) is 1.74. The Morgan fingerprint density at radius 3 is 2.75 bits per heavy atom. The van der Waals surface area contributed by atoms with Gasteiger partial charge in [0.05, 0.1) is 0 Å². The van der Waals surface area contributed by atoms with Crippen LogP contribution in [0.3, 0.4) is 0 Å². The molecular weight excluding hydrogens is 204 g/mol. The number of aliphatic carboxylic acids is 1. The number of anilines is 1. The zero-order valence-corrected chi connectivity index (χ0v) is 9.34. The number of likely N-dealkylation sites (N-methyl/N-ethyl adjacent to an activating group) is 1. The van der Waals surface area contributed by atoms with Crippen LogP contribution in [0, 0.1) is 0 Å². The highest BCUT2D eigenvalue weighted by atomic mass is 16.4. The number of carbonyl (C=O) groups is 1. The predicted octanol–water partition coefficient (Wildman–Crippen LogP) is 1.70. The zero-order chi connectivity index (χ0) is 11.7. The summed E-state index contributed by atoms with van der Waals surface area (Å²) in [6.45, 7) is 0.00413. The van der Waals surface area contributed by atoms with Crippen LogP contribution in [0.5, 0.6) is 0 Å². The average molecular weight is 218 g/mol. The number of rotatable bonds is 3. The molecule has 4 nitrogen and oxygen atoms in total. The molecule has 0 amide bonds. The molecule has 0 saturated heterocycles. The summed E-state index contributed by atoms with van der Waals surface area (Å²) in [6.07, 6.45) is 0. The Morgan fingerprint density at radius 1 is 1.44 bits per heavy atom. The van der Waals surface area contributed by atoms with Gasteiger partial charge in [0.1, 0.15) is 12.4 Å². The van der Waals surface area contributed by atoms with Crippen LogP contribution in [0.15, 0.2) is 30.3 Å². The van der Waals surface area contributed by atoms with Crippen molar-refractivity contribution in [3.05, 3.63) is 30.3 Å². The summed E-state index contributed by atoms with van der Waals surface area (Å²) >= 11 is 0. The minimum atomic E-state index is -0.826. The van der Waals surface area contributed by atoms with Crippen molar-refractivity contribution in [3.63, 3.8) is 0 Å². The molecule has 4 heteroatoms. The van der Waals surface area contributed by atoms with Gasteiger partial charge in [-0.05, 0) is 12.1 Å². The summed E-state index contributed by atoms with van der Waals surface area (Å²) < 4.78 is 2.00. The fraction of sp³-hybridized carbons (Fsp3) is 0.250. The molecule has 0 fully saturated rings. The molecule has 84 valence electrons. The lowest BCUT2D eigenvalue weighted by Gasteiger charge is -2.17. The molecule has 0 unspecified atom stereocenters. The van der Waals surface area contributed by atoms with Crippen molar-refractivity contribution in [1.29, 1.82) is 0 Å². The monoisotopic (exact) mass is 218 g/mol. The molecule has 2 rings (SSSR count). The number of nitrogens with zero attached hydrogens (tertiary/aromatic N) is 2. The molecule has 2 aromatic rings. The Morgan fingerprint density at radius 2 is 2.12 bits per heavy atom. The Balaban J connectivity index is 2.45. The van der Waals surface area contributed by atoms with Crippen LogP contribution >= 0.6 is 0 Å². The maximum absolute atomic E-state index is 10.7. The summed E-state index contributed by atoms with van der Waals surface area (Å²) in [7, 11) is 3.72. The van der Waals surface area contributed by atoms with E-state index in [1.54, 1.807) is 11.9 Å². The number of benzene rings is 1. The van der Waals surface area contributed by atoms with Gasteiger partial charge in [-0.3, -0.25) is 4.79 Å². The fourth-order valence-electron chi connectivity index (χ4n) is 1.92. The van der Waals surface area contributed by atoms with Crippen molar-refractivity contribution in [1.82, 2.24) is 4.57 Å². The molecule has 16 heavy (non-hydrogen) atoms. The molecule has 0 radical (unpaired) electrons. The van der Waals surface area contributed by atoms with Gasteiger partial charge in [0, 0.05) is 25.0 Å². The highest BCUT2D eigenvalue weighted by Gasteiger charge is 2.11.